The molecule has 0 bridgehead atoms. The van der Waals surface area contributed by atoms with Crippen LogP contribution in [-0.2, 0) is 6.42 Å². The third-order valence-corrected chi connectivity index (χ3v) is 2.64. The van der Waals surface area contributed by atoms with Crippen LogP contribution in [0.15, 0.2) is 30.3 Å². The van der Waals surface area contributed by atoms with E-state index in [1.807, 2.05) is 12.1 Å². The van der Waals surface area contributed by atoms with E-state index in [4.69, 9.17) is 0 Å². The second-order valence-corrected chi connectivity index (χ2v) is 3.89. The first kappa shape index (κ1) is 10.2. The van der Waals surface area contributed by atoms with Gasteiger partial charge in [-0.1, -0.05) is 31.5 Å². The van der Waals surface area contributed by atoms with Crippen LogP contribution in [-0.4, -0.2) is 4.98 Å². The Balaban J connectivity index is 2.43. The molecule has 0 aliphatic rings. The predicted molar refractivity (Wildman–Crippen MR) is 64.8 cm³/mol. The zero-order valence-electron chi connectivity index (χ0n) is 9.16. The molecule has 1 heterocycles. The smallest absolute Gasteiger partial charge is 0.0708 e. The Hall–Kier alpha value is -1.37. The van der Waals surface area contributed by atoms with Crippen molar-refractivity contribution in [1.82, 2.24) is 4.98 Å². The van der Waals surface area contributed by atoms with E-state index in [1.165, 1.54) is 18.5 Å². The summed E-state index contributed by atoms with van der Waals surface area (Å²) in [6.07, 6.45) is 3.47. The van der Waals surface area contributed by atoms with Gasteiger partial charge >= 0.3 is 0 Å². The lowest BCUT2D eigenvalue weighted by Crippen LogP contribution is -1.92. The molecular formula is C14H16N. The van der Waals surface area contributed by atoms with Crippen LogP contribution in [0, 0.1) is 6.92 Å². The third-order valence-electron chi connectivity index (χ3n) is 2.64. The van der Waals surface area contributed by atoms with Gasteiger partial charge in [0.15, 0.2) is 0 Å². The van der Waals surface area contributed by atoms with Gasteiger partial charge in [-0.05, 0) is 37.5 Å². The molecule has 1 radical (unpaired) electrons. The molecule has 77 valence electrons. The number of hydrogen-bond donors (Lipinski definition) is 0. The van der Waals surface area contributed by atoms with Crippen molar-refractivity contribution in [3.63, 3.8) is 0 Å². The van der Waals surface area contributed by atoms with Gasteiger partial charge in [0.2, 0.25) is 0 Å². The summed E-state index contributed by atoms with van der Waals surface area (Å²) in [5, 5.41) is 1.16. The highest BCUT2D eigenvalue weighted by Crippen LogP contribution is 2.18. The third kappa shape index (κ3) is 2.17. The molecule has 0 amide bonds. The normalized spacial score (nSPS) is 10.8. The van der Waals surface area contributed by atoms with Crippen molar-refractivity contribution in [3.8, 4) is 0 Å². The van der Waals surface area contributed by atoms with Gasteiger partial charge < -0.3 is 0 Å². The van der Waals surface area contributed by atoms with E-state index in [0.29, 0.717) is 0 Å². The van der Waals surface area contributed by atoms with Crippen molar-refractivity contribution in [1.29, 1.82) is 0 Å². The summed E-state index contributed by atoms with van der Waals surface area (Å²) < 4.78 is 0. The van der Waals surface area contributed by atoms with Crippen LogP contribution < -0.4 is 0 Å². The summed E-state index contributed by atoms with van der Waals surface area (Å²) in [6.45, 7) is 6.28. The fraction of sp³-hybridized carbons (Fsp3) is 0.286. The van der Waals surface area contributed by atoms with Crippen molar-refractivity contribution in [3.05, 3.63) is 48.5 Å². The van der Waals surface area contributed by atoms with Gasteiger partial charge in [-0.3, -0.25) is 4.98 Å². The summed E-state index contributed by atoms with van der Waals surface area (Å²) in [5.41, 5.74) is 3.32. The van der Waals surface area contributed by atoms with Gasteiger partial charge in [-0.2, -0.15) is 0 Å². The molecule has 0 saturated carbocycles. The summed E-state index contributed by atoms with van der Waals surface area (Å²) in [4.78, 5) is 4.63. The molecule has 2 aromatic rings. The maximum atomic E-state index is 4.63. The van der Waals surface area contributed by atoms with Crippen LogP contribution in [0.1, 0.15) is 31.0 Å². The minimum absolute atomic E-state index is 1.06. The summed E-state index contributed by atoms with van der Waals surface area (Å²) in [5.74, 6) is 0. The molecule has 0 N–H and O–H groups in total. The number of benzene rings is 1. The van der Waals surface area contributed by atoms with Crippen LogP contribution in [0.5, 0.6) is 0 Å². The molecule has 0 atom stereocenters. The Kier molecular flexibility index (Phi) is 3.00. The van der Waals surface area contributed by atoms with E-state index in [1.54, 1.807) is 0 Å². The van der Waals surface area contributed by atoms with E-state index in [-0.39, 0.29) is 0 Å². The molecule has 1 heteroatoms. The molecule has 0 saturated heterocycles. The van der Waals surface area contributed by atoms with Crippen LogP contribution in [0.2, 0.25) is 0 Å². The molecule has 0 fully saturated rings. The minimum Gasteiger partial charge on any atom is -0.253 e. The standard InChI is InChI=1S/C14H16N/c1-3-4-7-12-10-11(2)13-8-5-6-9-14(13)15-12/h5-6,8-10H,2-4,7H2,1H3. The SMILES string of the molecule is [CH2]c1cc(CCCC)nc2ccccc12. The van der Waals surface area contributed by atoms with Crippen molar-refractivity contribution in [2.75, 3.05) is 0 Å². The van der Waals surface area contributed by atoms with Crippen LogP contribution in [0.3, 0.4) is 0 Å². The topological polar surface area (TPSA) is 12.9 Å². The van der Waals surface area contributed by atoms with Crippen LogP contribution in [0.4, 0.5) is 0 Å². The highest BCUT2D eigenvalue weighted by Gasteiger charge is 2.01. The predicted octanol–water partition coefficient (Wildman–Crippen LogP) is 3.76. The monoisotopic (exact) mass is 198 g/mol. The fourth-order valence-electron chi connectivity index (χ4n) is 1.79. The molecular weight excluding hydrogens is 182 g/mol. The zero-order chi connectivity index (χ0) is 10.7. The second kappa shape index (κ2) is 4.43. The van der Waals surface area contributed by atoms with E-state index in [2.05, 4.69) is 37.0 Å². The first-order valence-corrected chi connectivity index (χ1v) is 5.52. The number of aromatic nitrogens is 1. The Morgan fingerprint density at radius 1 is 1.27 bits per heavy atom. The Bertz CT molecular complexity index is 460. The lowest BCUT2D eigenvalue weighted by molar-refractivity contribution is 0.779. The van der Waals surface area contributed by atoms with Gasteiger partial charge in [-0.15, -0.1) is 0 Å². The fourth-order valence-corrected chi connectivity index (χ4v) is 1.79. The van der Waals surface area contributed by atoms with Crippen molar-refractivity contribution < 1.29 is 0 Å². The second-order valence-electron chi connectivity index (χ2n) is 3.89. The number of unbranched alkanes of at least 4 members (excludes halogenated alkanes) is 1. The average Bonchev–Trinajstić information content (AvgIpc) is 2.26. The highest BCUT2D eigenvalue weighted by molar-refractivity contribution is 5.82. The van der Waals surface area contributed by atoms with E-state index in [0.717, 1.165) is 22.9 Å². The number of fused-ring (bicyclic) bond motifs is 1. The molecule has 0 unspecified atom stereocenters. The van der Waals surface area contributed by atoms with Gasteiger partial charge in [0.05, 0.1) is 5.52 Å². The van der Waals surface area contributed by atoms with Crippen molar-refractivity contribution in [2.24, 2.45) is 0 Å². The lowest BCUT2D eigenvalue weighted by atomic mass is 10.1. The van der Waals surface area contributed by atoms with E-state index < -0.39 is 0 Å². The number of hydrogen-bond acceptors (Lipinski definition) is 1. The zero-order valence-corrected chi connectivity index (χ0v) is 9.16. The Morgan fingerprint density at radius 2 is 2.07 bits per heavy atom. The maximum absolute atomic E-state index is 4.63. The van der Waals surface area contributed by atoms with Gasteiger partial charge in [0, 0.05) is 11.1 Å². The maximum Gasteiger partial charge on any atom is 0.0708 e. The number of para-hydroxylation sites is 1. The summed E-state index contributed by atoms with van der Waals surface area (Å²) in [7, 11) is 0. The average molecular weight is 198 g/mol. The molecule has 2 rings (SSSR count). The van der Waals surface area contributed by atoms with E-state index in [9.17, 15) is 0 Å². The van der Waals surface area contributed by atoms with Crippen LogP contribution >= 0.6 is 0 Å². The molecule has 1 nitrogen and oxygen atoms in total. The molecule has 0 spiro atoms. The molecule has 0 aliphatic heterocycles. The molecule has 1 aromatic heterocycles. The lowest BCUT2D eigenvalue weighted by Gasteiger charge is -2.05. The highest BCUT2D eigenvalue weighted by atomic mass is 14.7. The molecule has 15 heavy (non-hydrogen) atoms. The number of pyridine rings is 1. The summed E-state index contributed by atoms with van der Waals surface area (Å²) in [6, 6.07) is 10.3. The quantitative estimate of drug-likeness (QED) is 0.731. The van der Waals surface area contributed by atoms with Gasteiger partial charge in [0.1, 0.15) is 0 Å². The number of nitrogens with zero attached hydrogens (tertiary/aromatic N) is 1. The van der Waals surface area contributed by atoms with Gasteiger partial charge in [-0.25, -0.2) is 0 Å². The Morgan fingerprint density at radius 3 is 2.87 bits per heavy atom. The van der Waals surface area contributed by atoms with Crippen molar-refractivity contribution >= 4 is 10.9 Å². The molecule has 0 aliphatic carbocycles. The van der Waals surface area contributed by atoms with Crippen LogP contribution in [0.25, 0.3) is 10.9 Å². The largest absolute Gasteiger partial charge is 0.253 e. The summed E-state index contributed by atoms with van der Waals surface area (Å²) >= 11 is 0. The first-order valence-electron chi connectivity index (χ1n) is 5.52. The number of rotatable bonds is 3. The van der Waals surface area contributed by atoms with E-state index >= 15 is 0 Å². The van der Waals surface area contributed by atoms with Crippen molar-refractivity contribution in [2.45, 2.75) is 26.2 Å². The molecule has 1 aromatic carbocycles. The number of aryl methyl sites for hydroxylation is 1. The minimum atomic E-state index is 1.06. The Labute approximate surface area is 91.2 Å². The first-order chi connectivity index (χ1) is 7.31. The van der Waals surface area contributed by atoms with Gasteiger partial charge in [0.25, 0.3) is 0 Å².